The number of aromatic nitrogens is 4. The lowest BCUT2D eigenvalue weighted by molar-refractivity contribution is 0.176. The summed E-state index contributed by atoms with van der Waals surface area (Å²) in [5, 5.41) is 7.13. The highest BCUT2D eigenvalue weighted by atomic mass is 15.1. The lowest BCUT2D eigenvalue weighted by Gasteiger charge is -2.31. The Morgan fingerprint density at radius 1 is 1.12 bits per heavy atom. The number of aromatic amines is 1. The highest BCUT2D eigenvalue weighted by Gasteiger charge is 2.20. The zero-order valence-corrected chi connectivity index (χ0v) is 15.0. The Kier molecular flexibility index (Phi) is 5.58. The van der Waals surface area contributed by atoms with Gasteiger partial charge >= 0.3 is 0 Å². The summed E-state index contributed by atoms with van der Waals surface area (Å²) in [5.74, 6) is 0.723. The molecule has 1 aliphatic rings. The maximum absolute atomic E-state index is 4.60. The van der Waals surface area contributed by atoms with Gasteiger partial charge in [0.2, 0.25) is 0 Å². The van der Waals surface area contributed by atoms with E-state index in [0.29, 0.717) is 0 Å². The maximum Gasteiger partial charge on any atom is 0.0726 e. The predicted octanol–water partition coefficient (Wildman–Crippen LogP) is 2.02. The van der Waals surface area contributed by atoms with Crippen molar-refractivity contribution < 1.29 is 0 Å². The van der Waals surface area contributed by atoms with Crippen molar-refractivity contribution in [2.24, 2.45) is 5.92 Å². The smallest absolute Gasteiger partial charge is 0.0726 e. The third kappa shape index (κ3) is 4.61. The topological polar surface area (TPSA) is 60.9 Å². The Morgan fingerprint density at radius 2 is 1.83 bits per heavy atom. The van der Waals surface area contributed by atoms with Crippen molar-refractivity contribution in [1.29, 1.82) is 0 Å². The molecular formula is C18H28N6. The van der Waals surface area contributed by atoms with Crippen LogP contribution in [0.4, 0.5) is 0 Å². The number of nitrogens with one attached hydrogen (secondary N) is 1. The van der Waals surface area contributed by atoms with Crippen molar-refractivity contribution in [2.75, 3.05) is 27.2 Å². The standard InChI is InChI=1S/C18H28N6/c1-14-16(9-21-22-14)12-24-6-4-15(5-7-24)8-17-10-20-18(11-19-17)13-23(2)3/h9-11,15H,4-8,12-13H2,1-3H3,(H,21,22). The molecule has 2 aromatic heterocycles. The van der Waals surface area contributed by atoms with Crippen LogP contribution < -0.4 is 0 Å². The van der Waals surface area contributed by atoms with Crippen LogP contribution in [0, 0.1) is 12.8 Å². The zero-order valence-electron chi connectivity index (χ0n) is 15.0. The van der Waals surface area contributed by atoms with Crippen LogP contribution in [0.3, 0.4) is 0 Å². The first-order valence-corrected chi connectivity index (χ1v) is 8.76. The van der Waals surface area contributed by atoms with Gasteiger partial charge in [-0.25, -0.2) is 0 Å². The molecule has 0 aromatic carbocycles. The number of piperidine rings is 1. The summed E-state index contributed by atoms with van der Waals surface area (Å²) in [6.45, 7) is 6.25. The summed E-state index contributed by atoms with van der Waals surface area (Å²) in [6, 6.07) is 0. The van der Waals surface area contributed by atoms with Crippen LogP contribution in [0.15, 0.2) is 18.6 Å². The van der Waals surface area contributed by atoms with Crippen LogP contribution in [0.2, 0.25) is 0 Å². The van der Waals surface area contributed by atoms with Crippen LogP contribution in [-0.2, 0) is 19.5 Å². The van der Waals surface area contributed by atoms with Gasteiger partial charge in [-0.1, -0.05) is 0 Å². The average Bonchev–Trinajstić information content (AvgIpc) is 2.96. The van der Waals surface area contributed by atoms with Crippen molar-refractivity contribution in [1.82, 2.24) is 30.0 Å². The molecule has 1 saturated heterocycles. The normalized spacial score (nSPS) is 16.8. The number of hydrogen-bond acceptors (Lipinski definition) is 5. The first-order chi connectivity index (χ1) is 11.6. The molecule has 3 rings (SSSR count). The van der Waals surface area contributed by atoms with Gasteiger partial charge in [0.05, 0.1) is 23.8 Å². The maximum atomic E-state index is 4.60. The molecule has 1 N–H and O–H groups in total. The third-order valence-corrected chi connectivity index (χ3v) is 4.77. The largest absolute Gasteiger partial charge is 0.304 e. The summed E-state index contributed by atoms with van der Waals surface area (Å²) >= 11 is 0. The van der Waals surface area contributed by atoms with Gasteiger partial charge < -0.3 is 4.90 Å². The van der Waals surface area contributed by atoms with E-state index in [1.165, 1.54) is 24.1 Å². The number of nitrogens with zero attached hydrogens (tertiary/aromatic N) is 5. The summed E-state index contributed by atoms with van der Waals surface area (Å²) in [5.41, 5.74) is 4.66. The van der Waals surface area contributed by atoms with Gasteiger partial charge in [0.25, 0.3) is 0 Å². The van der Waals surface area contributed by atoms with Gasteiger partial charge in [0, 0.05) is 30.5 Å². The minimum atomic E-state index is 0.723. The van der Waals surface area contributed by atoms with Gasteiger partial charge in [0.15, 0.2) is 0 Å². The van der Waals surface area contributed by atoms with Crippen LogP contribution in [0.5, 0.6) is 0 Å². The molecule has 6 nitrogen and oxygen atoms in total. The second-order valence-electron chi connectivity index (χ2n) is 7.18. The highest BCUT2D eigenvalue weighted by molar-refractivity contribution is 5.14. The fraction of sp³-hybridized carbons (Fsp3) is 0.611. The second kappa shape index (κ2) is 7.85. The molecule has 2 aromatic rings. The van der Waals surface area contributed by atoms with E-state index in [-0.39, 0.29) is 0 Å². The number of aryl methyl sites for hydroxylation is 1. The van der Waals surface area contributed by atoms with Crippen molar-refractivity contribution >= 4 is 0 Å². The fourth-order valence-corrected chi connectivity index (χ4v) is 3.31. The Balaban J connectivity index is 1.46. The number of H-pyrrole nitrogens is 1. The van der Waals surface area contributed by atoms with Crippen LogP contribution in [0.25, 0.3) is 0 Å². The van der Waals surface area contributed by atoms with E-state index in [1.54, 1.807) is 0 Å². The highest BCUT2D eigenvalue weighted by Crippen LogP contribution is 2.22. The van der Waals surface area contributed by atoms with E-state index in [2.05, 4.69) is 51.0 Å². The lowest BCUT2D eigenvalue weighted by Crippen LogP contribution is -2.34. The van der Waals surface area contributed by atoms with Crippen molar-refractivity contribution in [3.05, 3.63) is 41.2 Å². The molecular weight excluding hydrogens is 300 g/mol. The summed E-state index contributed by atoms with van der Waals surface area (Å²) < 4.78 is 0. The minimum Gasteiger partial charge on any atom is -0.304 e. The van der Waals surface area contributed by atoms with E-state index in [0.717, 1.165) is 49.9 Å². The van der Waals surface area contributed by atoms with Gasteiger partial charge in [-0.3, -0.25) is 20.0 Å². The molecule has 1 aliphatic heterocycles. The Bertz CT molecular complexity index is 625. The van der Waals surface area contributed by atoms with Gasteiger partial charge in [0.1, 0.15) is 0 Å². The molecule has 1 fully saturated rings. The molecule has 0 radical (unpaired) electrons. The molecule has 0 spiro atoms. The summed E-state index contributed by atoms with van der Waals surface area (Å²) in [7, 11) is 4.10. The monoisotopic (exact) mass is 328 g/mol. The quantitative estimate of drug-likeness (QED) is 0.879. The van der Waals surface area contributed by atoms with Crippen molar-refractivity contribution in [2.45, 2.75) is 39.3 Å². The van der Waals surface area contributed by atoms with Gasteiger partial charge in [-0.05, 0) is 59.3 Å². The molecule has 0 saturated carbocycles. The molecule has 3 heterocycles. The van der Waals surface area contributed by atoms with Gasteiger partial charge in [-0.15, -0.1) is 0 Å². The summed E-state index contributed by atoms with van der Waals surface area (Å²) in [6.07, 6.45) is 9.35. The lowest BCUT2D eigenvalue weighted by atomic mass is 9.92. The van der Waals surface area contributed by atoms with Crippen molar-refractivity contribution in [3.8, 4) is 0 Å². The third-order valence-electron chi connectivity index (χ3n) is 4.77. The van der Waals surface area contributed by atoms with E-state index >= 15 is 0 Å². The van der Waals surface area contributed by atoms with Gasteiger partial charge in [-0.2, -0.15) is 5.10 Å². The van der Waals surface area contributed by atoms with E-state index in [1.807, 2.05) is 18.6 Å². The number of hydrogen-bond donors (Lipinski definition) is 1. The van der Waals surface area contributed by atoms with E-state index < -0.39 is 0 Å². The molecule has 0 unspecified atom stereocenters. The molecule has 0 bridgehead atoms. The second-order valence-corrected chi connectivity index (χ2v) is 7.18. The molecule has 0 atom stereocenters. The molecule has 130 valence electrons. The van der Waals surface area contributed by atoms with E-state index in [4.69, 9.17) is 0 Å². The fourth-order valence-electron chi connectivity index (χ4n) is 3.31. The first kappa shape index (κ1) is 17.0. The number of likely N-dealkylation sites (tertiary alicyclic amines) is 1. The molecule has 24 heavy (non-hydrogen) atoms. The number of rotatable bonds is 6. The Hall–Kier alpha value is -1.79. The average molecular weight is 328 g/mol. The van der Waals surface area contributed by atoms with Crippen LogP contribution >= 0.6 is 0 Å². The van der Waals surface area contributed by atoms with E-state index in [9.17, 15) is 0 Å². The van der Waals surface area contributed by atoms with Crippen LogP contribution in [-0.4, -0.2) is 57.1 Å². The molecule has 6 heteroatoms. The van der Waals surface area contributed by atoms with Crippen LogP contribution in [0.1, 0.15) is 35.5 Å². The Morgan fingerprint density at radius 3 is 2.42 bits per heavy atom. The SMILES string of the molecule is Cc1[nH]ncc1CN1CCC(Cc2cnc(CN(C)C)cn2)CC1. The molecule has 0 amide bonds. The predicted molar refractivity (Wildman–Crippen MR) is 94.5 cm³/mol. The van der Waals surface area contributed by atoms with Crippen molar-refractivity contribution in [3.63, 3.8) is 0 Å². The Labute approximate surface area is 144 Å². The summed E-state index contributed by atoms with van der Waals surface area (Å²) in [4.78, 5) is 13.8. The minimum absolute atomic E-state index is 0.723. The zero-order chi connectivity index (χ0) is 16.9. The molecule has 0 aliphatic carbocycles. The first-order valence-electron chi connectivity index (χ1n) is 8.76.